The van der Waals surface area contributed by atoms with Gasteiger partial charge in [0, 0.05) is 24.1 Å². The molecule has 0 bridgehead atoms. The predicted octanol–water partition coefficient (Wildman–Crippen LogP) is 1.26. The third kappa shape index (κ3) is 4.50. The number of piperidine rings is 1. The third-order valence-corrected chi connectivity index (χ3v) is 7.84. The largest absolute Gasteiger partial charge is 0.464 e. The number of rotatable bonds is 7. The highest BCUT2D eigenvalue weighted by Crippen LogP contribution is 2.26. The maximum atomic E-state index is 13.2. The number of sulfonamides is 1. The Kier molecular flexibility index (Phi) is 6.62. The lowest BCUT2D eigenvalue weighted by Crippen LogP contribution is -2.48. The predicted molar refractivity (Wildman–Crippen MR) is 121 cm³/mol. The molecule has 1 fully saturated rings. The third-order valence-electron chi connectivity index (χ3n) is 5.92. The number of ketones is 1. The van der Waals surface area contributed by atoms with Gasteiger partial charge in [-0.1, -0.05) is 12.1 Å². The van der Waals surface area contributed by atoms with E-state index < -0.39 is 22.0 Å². The number of aromatic amines is 1. The molecule has 1 saturated heterocycles. The van der Waals surface area contributed by atoms with Gasteiger partial charge in [-0.15, -0.1) is 0 Å². The summed E-state index contributed by atoms with van der Waals surface area (Å²) in [5.74, 6) is -0.570. The number of esters is 1. The molecule has 34 heavy (non-hydrogen) atoms. The van der Waals surface area contributed by atoms with E-state index in [9.17, 15) is 22.8 Å². The quantitative estimate of drug-likeness (QED) is 0.387. The number of nitrogens with one attached hydrogen (secondary N) is 1. The summed E-state index contributed by atoms with van der Waals surface area (Å²) in [5, 5.41) is 2.68. The van der Waals surface area contributed by atoms with Crippen molar-refractivity contribution in [3.8, 4) is 0 Å². The van der Waals surface area contributed by atoms with Crippen LogP contribution in [0.25, 0.3) is 5.78 Å². The molecule has 1 N–H and O–H groups in total. The topological polar surface area (TPSA) is 144 Å². The Bertz CT molecular complexity index is 1390. The van der Waals surface area contributed by atoms with Crippen LogP contribution in [0.3, 0.4) is 0 Å². The summed E-state index contributed by atoms with van der Waals surface area (Å²) in [6.45, 7) is 3.19. The molecule has 1 aliphatic heterocycles. The van der Waals surface area contributed by atoms with E-state index in [1.165, 1.54) is 46.3 Å². The lowest BCUT2D eigenvalue weighted by molar-refractivity contribution is -0.149. The summed E-state index contributed by atoms with van der Waals surface area (Å²) in [6.07, 6.45) is 3.15. The lowest BCUT2D eigenvalue weighted by Gasteiger charge is -2.33. The van der Waals surface area contributed by atoms with Crippen LogP contribution in [-0.4, -0.2) is 63.3 Å². The molecule has 0 amide bonds. The van der Waals surface area contributed by atoms with Crippen molar-refractivity contribution in [1.82, 2.24) is 23.9 Å². The van der Waals surface area contributed by atoms with E-state index in [1.807, 2.05) is 0 Å². The number of carbonyl (C=O) groups excluding carboxylic acids is 2. The second-order valence-corrected chi connectivity index (χ2v) is 10.0. The minimum absolute atomic E-state index is 0.0137. The van der Waals surface area contributed by atoms with Gasteiger partial charge in [-0.25, -0.2) is 18.4 Å². The SMILES string of the molecule is CC(=O)c1ccc(S(=O)(=O)N2CCCCC2C(=O)OCCc2c(C)nc3nc[nH]n3c2=O)cc1. The van der Waals surface area contributed by atoms with Crippen molar-refractivity contribution in [2.45, 2.75) is 50.5 Å². The first-order valence-electron chi connectivity index (χ1n) is 10.9. The molecule has 1 aromatic carbocycles. The number of hydrogen-bond donors (Lipinski definition) is 1. The van der Waals surface area contributed by atoms with Gasteiger partial charge in [0.2, 0.25) is 10.0 Å². The molecule has 0 saturated carbocycles. The van der Waals surface area contributed by atoms with Crippen LogP contribution in [0.2, 0.25) is 0 Å². The van der Waals surface area contributed by atoms with E-state index in [2.05, 4.69) is 15.1 Å². The van der Waals surface area contributed by atoms with Crippen LogP contribution in [-0.2, 0) is 26.0 Å². The molecule has 1 atom stereocenters. The van der Waals surface area contributed by atoms with Crippen molar-refractivity contribution in [2.24, 2.45) is 0 Å². The monoisotopic (exact) mass is 487 g/mol. The number of aryl methyl sites for hydroxylation is 1. The van der Waals surface area contributed by atoms with Gasteiger partial charge in [-0.2, -0.15) is 8.82 Å². The maximum Gasteiger partial charge on any atom is 0.324 e. The van der Waals surface area contributed by atoms with Crippen molar-refractivity contribution < 1.29 is 22.7 Å². The van der Waals surface area contributed by atoms with E-state index in [-0.39, 0.29) is 41.6 Å². The van der Waals surface area contributed by atoms with Gasteiger partial charge >= 0.3 is 5.97 Å². The van der Waals surface area contributed by atoms with Crippen LogP contribution in [0.1, 0.15) is 47.8 Å². The summed E-state index contributed by atoms with van der Waals surface area (Å²) < 4.78 is 34.3. The Morgan fingerprint density at radius 2 is 1.94 bits per heavy atom. The molecule has 3 aromatic rings. The Labute approximate surface area is 195 Å². The molecule has 2 aromatic heterocycles. The average Bonchev–Trinajstić information content (AvgIpc) is 3.29. The van der Waals surface area contributed by atoms with Gasteiger partial charge in [0.05, 0.1) is 17.2 Å². The van der Waals surface area contributed by atoms with E-state index in [1.54, 1.807) is 6.92 Å². The molecule has 0 spiro atoms. The summed E-state index contributed by atoms with van der Waals surface area (Å²) in [4.78, 5) is 45.2. The summed E-state index contributed by atoms with van der Waals surface area (Å²) in [5.41, 5.74) is 0.951. The zero-order valence-electron chi connectivity index (χ0n) is 18.9. The van der Waals surface area contributed by atoms with Crippen LogP contribution < -0.4 is 5.56 Å². The van der Waals surface area contributed by atoms with E-state index in [0.717, 1.165) is 0 Å². The first-order chi connectivity index (χ1) is 16.2. The Hall–Kier alpha value is -3.38. The zero-order chi connectivity index (χ0) is 24.5. The van der Waals surface area contributed by atoms with Crippen LogP contribution in [0.5, 0.6) is 0 Å². The molecular weight excluding hydrogens is 462 g/mol. The van der Waals surface area contributed by atoms with Crippen molar-refractivity contribution in [3.05, 3.63) is 57.8 Å². The first-order valence-corrected chi connectivity index (χ1v) is 12.4. The fourth-order valence-corrected chi connectivity index (χ4v) is 5.71. The average molecular weight is 488 g/mol. The highest BCUT2D eigenvalue weighted by atomic mass is 32.2. The van der Waals surface area contributed by atoms with Gasteiger partial charge in [-0.3, -0.25) is 19.5 Å². The van der Waals surface area contributed by atoms with Gasteiger partial charge in [-0.05, 0) is 45.2 Å². The second kappa shape index (κ2) is 9.47. The molecule has 1 aliphatic rings. The molecule has 180 valence electrons. The summed E-state index contributed by atoms with van der Waals surface area (Å²) in [7, 11) is -3.96. The number of nitrogens with zero attached hydrogens (tertiary/aromatic N) is 4. The van der Waals surface area contributed by atoms with Gasteiger partial charge in [0.15, 0.2) is 5.78 Å². The molecule has 0 aliphatic carbocycles. The Morgan fingerprint density at radius 1 is 1.21 bits per heavy atom. The zero-order valence-corrected chi connectivity index (χ0v) is 19.7. The van der Waals surface area contributed by atoms with Crippen molar-refractivity contribution in [2.75, 3.05) is 13.2 Å². The smallest absolute Gasteiger partial charge is 0.324 e. The fourth-order valence-electron chi connectivity index (χ4n) is 4.06. The molecule has 3 heterocycles. The first kappa shape index (κ1) is 23.8. The van der Waals surface area contributed by atoms with E-state index in [0.29, 0.717) is 36.1 Å². The van der Waals surface area contributed by atoms with E-state index in [4.69, 9.17) is 4.74 Å². The molecule has 4 rings (SSSR count). The number of carbonyl (C=O) groups is 2. The lowest BCUT2D eigenvalue weighted by atomic mass is 10.1. The molecule has 12 heteroatoms. The number of ether oxygens (including phenoxy) is 1. The second-order valence-electron chi connectivity index (χ2n) is 8.13. The number of aromatic nitrogens is 4. The van der Waals surface area contributed by atoms with E-state index >= 15 is 0 Å². The van der Waals surface area contributed by atoms with Gasteiger partial charge in [0.25, 0.3) is 11.3 Å². The Morgan fingerprint density at radius 3 is 2.65 bits per heavy atom. The highest BCUT2D eigenvalue weighted by molar-refractivity contribution is 7.89. The fraction of sp³-hybridized carbons (Fsp3) is 0.409. The maximum absolute atomic E-state index is 13.2. The molecule has 1 unspecified atom stereocenters. The molecular formula is C22H25N5O6S. The standard InChI is InChI=1S/C22H25N5O6S/c1-14-18(20(29)27-22(25-14)23-13-24-27)10-12-33-21(30)19-5-3-4-11-26(19)34(31,32)17-8-6-16(7-9-17)15(2)28/h6-9,13,19H,3-5,10-12H2,1-2H3,(H,23,24,25). The molecule has 11 nitrogen and oxygen atoms in total. The van der Waals surface area contributed by atoms with Crippen molar-refractivity contribution >= 4 is 27.6 Å². The summed E-state index contributed by atoms with van der Waals surface area (Å²) in [6, 6.07) is 4.70. The van der Waals surface area contributed by atoms with Crippen molar-refractivity contribution in [1.29, 1.82) is 0 Å². The number of Topliss-reactive ketones (excluding diaryl/α,β-unsaturated/α-hetero) is 1. The molecule has 0 radical (unpaired) electrons. The highest BCUT2D eigenvalue weighted by Gasteiger charge is 2.38. The minimum Gasteiger partial charge on any atom is -0.464 e. The number of benzene rings is 1. The number of H-pyrrole nitrogens is 1. The minimum atomic E-state index is -3.96. The normalized spacial score (nSPS) is 17.1. The van der Waals surface area contributed by atoms with Crippen LogP contribution >= 0.6 is 0 Å². The Balaban J connectivity index is 1.47. The van der Waals surface area contributed by atoms with Crippen LogP contribution in [0, 0.1) is 6.92 Å². The van der Waals surface area contributed by atoms with Crippen molar-refractivity contribution in [3.63, 3.8) is 0 Å². The summed E-state index contributed by atoms with van der Waals surface area (Å²) >= 11 is 0. The van der Waals surface area contributed by atoms with Crippen LogP contribution in [0.4, 0.5) is 0 Å². The number of fused-ring (bicyclic) bond motifs is 1. The van der Waals surface area contributed by atoms with Gasteiger partial charge < -0.3 is 4.74 Å². The van der Waals surface area contributed by atoms with Crippen LogP contribution in [0.15, 0.2) is 40.3 Å². The van der Waals surface area contributed by atoms with Gasteiger partial charge in [0.1, 0.15) is 12.4 Å². The number of hydrogen-bond acceptors (Lipinski definition) is 8.